The minimum absolute atomic E-state index is 0.144. The Kier molecular flexibility index (Phi) is 3.12. The van der Waals surface area contributed by atoms with Crippen LogP contribution in [0.4, 0.5) is 5.82 Å². The molecular weight excluding hydrogens is 256 g/mol. The highest BCUT2D eigenvalue weighted by atomic mass is 32.2. The summed E-state index contributed by atoms with van der Waals surface area (Å²) in [6.07, 6.45) is 1.49. The zero-order chi connectivity index (χ0) is 13.3. The van der Waals surface area contributed by atoms with E-state index in [4.69, 9.17) is 4.52 Å². The Hall–Kier alpha value is -1.83. The first-order chi connectivity index (χ1) is 8.42. The molecule has 1 N–H and O–H groups in total. The highest BCUT2D eigenvalue weighted by molar-refractivity contribution is 7.92. The molecule has 7 nitrogen and oxygen atoms in total. The van der Waals surface area contributed by atoms with Gasteiger partial charge in [-0.1, -0.05) is 5.16 Å². The lowest BCUT2D eigenvalue weighted by Crippen LogP contribution is -2.13. The third-order valence-corrected chi connectivity index (χ3v) is 3.84. The summed E-state index contributed by atoms with van der Waals surface area (Å²) in [6, 6.07) is 1.51. The van der Waals surface area contributed by atoms with Crippen LogP contribution in [0.3, 0.4) is 0 Å². The van der Waals surface area contributed by atoms with Crippen molar-refractivity contribution >= 4 is 15.8 Å². The molecule has 0 aliphatic heterocycles. The summed E-state index contributed by atoms with van der Waals surface area (Å²) in [6.45, 7) is 5.83. The van der Waals surface area contributed by atoms with Crippen molar-refractivity contribution in [1.29, 1.82) is 0 Å². The first kappa shape index (κ1) is 12.6. The van der Waals surface area contributed by atoms with E-state index in [1.807, 2.05) is 6.92 Å². The fourth-order valence-corrected chi connectivity index (χ4v) is 2.70. The van der Waals surface area contributed by atoms with E-state index in [0.717, 1.165) is 0 Å². The quantitative estimate of drug-likeness (QED) is 0.904. The molecular formula is C10H14N4O3S. The molecule has 0 atom stereocenters. The smallest absolute Gasteiger partial charge is 0.266 e. The lowest BCUT2D eigenvalue weighted by molar-refractivity contribution is 0.400. The van der Waals surface area contributed by atoms with E-state index in [1.54, 1.807) is 18.5 Å². The largest absolute Gasteiger partial charge is 0.360 e. The van der Waals surface area contributed by atoms with Crippen molar-refractivity contribution in [2.24, 2.45) is 0 Å². The minimum Gasteiger partial charge on any atom is -0.360 e. The second kappa shape index (κ2) is 4.45. The van der Waals surface area contributed by atoms with E-state index in [0.29, 0.717) is 18.0 Å². The Balaban J connectivity index is 2.33. The number of nitrogens with zero attached hydrogens (tertiary/aromatic N) is 3. The van der Waals surface area contributed by atoms with Crippen molar-refractivity contribution in [2.45, 2.75) is 32.2 Å². The van der Waals surface area contributed by atoms with Crippen molar-refractivity contribution < 1.29 is 12.9 Å². The van der Waals surface area contributed by atoms with E-state index in [1.165, 1.54) is 12.3 Å². The van der Waals surface area contributed by atoms with E-state index in [-0.39, 0.29) is 10.7 Å². The van der Waals surface area contributed by atoms with Gasteiger partial charge in [0.2, 0.25) is 0 Å². The summed E-state index contributed by atoms with van der Waals surface area (Å²) in [5.41, 5.74) is 0.449. The molecule has 0 aliphatic carbocycles. The molecule has 0 radical (unpaired) electrons. The van der Waals surface area contributed by atoms with Gasteiger partial charge in [-0.2, -0.15) is 5.10 Å². The molecule has 0 spiro atoms. The molecule has 8 heteroatoms. The molecule has 98 valence electrons. The minimum atomic E-state index is -3.68. The van der Waals surface area contributed by atoms with Gasteiger partial charge in [-0.3, -0.25) is 9.40 Å². The van der Waals surface area contributed by atoms with Gasteiger partial charge in [0.05, 0.1) is 5.69 Å². The SMILES string of the molecule is CCn1cc(S(=O)(=O)Nc2cc(C)on2)c(C)n1. The molecule has 0 aromatic carbocycles. The van der Waals surface area contributed by atoms with Crippen molar-refractivity contribution in [3.05, 3.63) is 23.7 Å². The predicted octanol–water partition coefficient (Wildman–Crippen LogP) is 1.31. The molecule has 0 amide bonds. The maximum absolute atomic E-state index is 12.1. The monoisotopic (exact) mass is 270 g/mol. The normalized spacial score (nSPS) is 11.7. The van der Waals surface area contributed by atoms with Crippen LogP contribution in [-0.2, 0) is 16.6 Å². The average Bonchev–Trinajstić information content (AvgIpc) is 2.84. The van der Waals surface area contributed by atoms with Crippen LogP contribution in [0.1, 0.15) is 18.4 Å². The van der Waals surface area contributed by atoms with Gasteiger partial charge in [0.25, 0.3) is 10.0 Å². The zero-order valence-electron chi connectivity index (χ0n) is 10.3. The van der Waals surface area contributed by atoms with Gasteiger partial charge in [-0.15, -0.1) is 0 Å². The topological polar surface area (TPSA) is 90.0 Å². The standard InChI is InChI=1S/C10H14N4O3S/c1-4-14-6-9(8(3)11-14)18(15,16)13-10-5-7(2)17-12-10/h5-6H,4H2,1-3H3,(H,12,13). The summed E-state index contributed by atoms with van der Waals surface area (Å²) < 4.78 is 32.9. The number of hydrogen-bond acceptors (Lipinski definition) is 5. The van der Waals surface area contributed by atoms with Gasteiger partial charge in [-0.25, -0.2) is 8.42 Å². The van der Waals surface area contributed by atoms with Gasteiger partial charge in [0.1, 0.15) is 10.7 Å². The third-order valence-electron chi connectivity index (χ3n) is 2.38. The highest BCUT2D eigenvalue weighted by Crippen LogP contribution is 2.18. The van der Waals surface area contributed by atoms with Gasteiger partial charge < -0.3 is 4.52 Å². The maximum Gasteiger partial charge on any atom is 0.266 e. The van der Waals surface area contributed by atoms with Crippen molar-refractivity contribution in [3.8, 4) is 0 Å². The number of aromatic nitrogens is 3. The van der Waals surface area contributed by atoms with Crippen LogP contribution in [0, 0.1) is 13.8 Å². The van der Waals surface area contributed by atoms with Crippen LogP contribution in [-0.4, -0.2) is 23.4 Å². The molecule has 0 saturated carbocycles. The summed E-state index contributed by atoms with van der Waals surface area (Å²) >= 11 is 0. The molecule has 2 aromatic heterocycles. The average molecular weight is 270 g/mol. The van der Waals surface area contributed by atoms with Crippen LogP contribution in [0.15, 0.2) is 21.7 Å². The molecule has 0 fully saturated rings. The molecule has 0 bridgehead atoms. The molecule has 0 saturated heterocycles. The molecule has 0 unspecified atom stereocenters. The lowest BCUT2D eigenvalue weighted by Gasteiger charge is -2.02. The second-order valence-corrected chi connectivity index (χ2v) is 5.51. The lowest BCUT2D eigenvalue weighted by atomic mass is 10.5. The van der Waals surface area contributed by atoms with Crippen molar-refractivity contribution in [2.75, 3.05) is 4.72 Å². The molecule has 2 aromatic rings. The number of aryl methyl sites for hydroxylation is 3. The zero-order valence-corrected chi connectivity index (χ0v) is 11.2. The Bertz CT molecular complexity index is 656. The Morgan fingerprint density at radius 2 is 2.17 bits per heavy atom. The second-order valence-electron chi connectivity index (χ2n) is 3.86. The van der Waals surface area contributed by atoms with Crippen LogP contribution < -0.4 is 4.72 Å². The van der Waals surface area contributed by atoms with Gasteiger partial charge in [-0.05, 0) is 20.8 Å². The number of anilines is 1. The van der Waals surface area contributed by atoms with E-state index < -0.39 is 10.0 Å². The number of rotatable bonds is 4. The van der Waals surface area contributed by atoms with E-state index in [9.17, 15) is 8.42 Å². The number of sulfonamides is 1. The molecule has 18 heavy (non-hydrogen) atoms. The summed E-state index contributed by atoms with van der Waals surface area (Å²) in [5.74, 6) is 0.699. The van der Waals surface area contributed by atoms with Gasteiger partial charge >= 0.3 is 0 Å². The van der Waals surface area contributed by atoms with Crippen LogP contribution >= 0.6 is 0 Å². The Morgan fingerprint density at radius 1 is 1.44 bits per heavy atom. The van der Waals surface area contributed by atoms with Crippen LogP contribution in [0.25, 0.3) is 0 Å². The van der Waals surface area contributed by atoms with Crippen LogP contribution in [0.5, 0.6) is 0 Å². The fourth-order valence-electron chi connectivity index (χ4n) is 1.53. The van der Waals surface area contributed by atoms with Crippen molar-refractivity contribution in [3.63, 3.8) is 0 Å². The highest BCUT2D eigenvalue weighted by Gasteiger charge is 2.21. The summed E-state index contributed by atoms with van der Waals surface area (Å²) in [7, 11) is -3.68. The number of nitrogens with one attached hydrogen (secondary N) is 1. The molecule has 2 rings (SSSR count). The summed E-state index contributed by atoms with van der Waals surface area (Å²) in [5, 5.41) is 7.69. The Labute approximate surface area is 105 Å². The van der Waals surface area contributed by atoms with Gasteiger partial charge in [0.15, 0.2) is 5.82 Å². The predicted molar refractivity (Wildman–Crippen MR) is 64.7 cm³/mol. The summed E-state index contributed by atoms with van der Waals surface area (Å²) in [4.78, 5) is 0.144. The van der Waals surface area contributed by atoms with Crippen molar-refractivity contribution in [1.82, 2.24) is 14.9 Å². The first-order valence-electron chi connectivity index (χ1n) is 5.42. The van der Waals surface area contributed by atoms with E-state index in [2.05, 4.69) is 15.0 Å². The molecule has 0 aliphatic rings. The Morgan fingerprint density at radius 3 is 2.67 bits per heavy atom. The van der Waals surface area contributed by atoms with Gasteiger partial charge in [0, 0.05) is 18.8 Å². The fraction of sp³-hybridized carbons (Fsp3) is 0.400. The third kappa shape index (κ3) is 2.37. The first-order valence-corrected chi connectivity index (χ1v) is 6.91. The maximum atomic E-state index is 12.1. The number of hydrogen-bond donors (Lipinski definition) is 1. The molecule has 2 heterocycles. The van der Waals surface area contributed by atoms with Crippen LogP contribution in [0.2, 0.25) is 0 Å². The van der Waals surface area contributed by atoms with E-state index >= 15 is 0 Å².